The Labute approximate surface area is 211 Å². The predicted octanol–water partition coefficient (Wildman–Crippen LogP) is 1.16. The number of benzene rings is 1. The Balaban J connectivity index is 1.49. The Morgan fingerprint density at radius 2 is 1.97 bits per heavy atom. The largest absolute Gasteiger partial charge is 0.380 e. The number of anilines is 1. The molecule has 1 atom stereocenters. The first kappa shape index (κ1) is 24.7. The number of aromatic nitrogens is 2. The second kappa shape index (κ2) is 8.56. The van der Waals surface area contributed by atoms with Crippen molar-refractivity contribution < 1.29 is 18.0 Å². The molecule has 2 aliphatic heterocycles. The molecule has 12 heteroatoms. The van der Waals surface area contributed by atoms with Crippen molar-refractivity contribution in [3.8, 4) is 5.69 Å². The summed E-state index contributed by atoms with van der Waals surface area (Å²) in [6, 6.07) is 4.93. The molecule has 36 heavy (non-hydrogen) atoms. The average Bonchev–Trinajstić information content (AvgIpc) is 3.37. The molecular formula is C24H33N7O4S. The smallest absolute Gasteiger partial charge is 0.276 e. The van der Waals surface area contributed by atoms with Crippen LogP contribution in [-0.2, 0) is 16.6 Å². The molecule has 1 aromatic heterocycles. The van der Waals surface area contributed by atoms with E-state index in [0.717, 1.165) is 12.2 Å². The van der Waals surface area contributed by atoms with Crippen LogP contribution in [-0.4, -0.2) is 70.4 Å². The van der Waals surface area contributed by atoms with Crippen molar-refractivity contribution in [1.82, 2.24) is 19.0 Å². The van der Waals surface area contributed by atoms with Crippen molar-refractivity contribution in [2.45, 2.75) is 58.0 Å². The van der Waals surface area contributed by atoms with Crippen molar-refractivity contribution in [2.75, 3.05) is 25.0 Å². The number of hydrogen-bond acceptors (Lipinski definition) is 6. The molecule has 11 nitrogen and oxygen atoms in total. The van der Waals surface area contributed by atoms with Gasteiger partial charge in [0.25, 0.3) is 22.0 Å². The molecule has 1 aliphatic carbocycles. The molecule has 0 radical (unpaired) electrons. The number of hydrogen-bond donors (Lipinski definition) is 3. The maximum absolute atomic E-state index is 13.5. The van der Waals surface area contributed by atoms with Crippen molar-refractivity contribution in [1.29, 1.82) is 0 Å². The molecule has 1 saturated heterocycles. The molecule has 3 heterocycles. The summed E-state index contributed by atoms with van der Waals surface area (Å²) in [5.74, 6) is -0.00466. The first-order chi connectivity index (χ1) is 16.8. The van der Waals surface area contributed by atoms with Crippen LogP contribution >= 0.6 is 0 Å². The van der Waals surface area contributed by atoms with Gasteiger partial charge in [0, 0.05) is 43.3 Å². The van der Waals surface area contributed by atoms with Crippen LogP contribution in [0.3, 0.4) is 0 Å². The molecule has 3 aliphatic rings. The van der Waals surface area contributed by atoms with Gasteiger partial charge in [0.2, 0.25) is 0 Å². The number of carbonyl (C=O) groups excluding carboxylic acids is 2. The minimum atomic E-state index is -3.79. The molecule has 2 aromatic rings. The fourth-order valence-corrected chi connectivity index (χ4v) is 6.08. The van der Waals surface area contributed by atoms with Gasteiger partial charge in [-0.2, -0.15) is 17.8 Å². The highest BCUT2D eigenvalue weighted by atomic mass is 32.2. The number of nitrogens with zero attached hydrogens (tertiary/aromatic N) is 4. The van der Waals surface area contributed by atoms with Crippen LogP contribution in [0.15, 0.2) is 18.2 Å². The number of nitrogens with one attached hydrogen (secondary N) is 1. The number of primary amides is 1. The van der Waals surface area contributed by atoms with Gasteiger partial charge in [-0.3, -0.25) is 9.59 Å². The number of carbonyl (C=O) groups is 2. The van der Waals surface area contributed by atoms with Crippen molar-refractivity contribution in [2.24, 2.45) is 16.8 Å². The highest BCUT2D eigenvalue weighted by molar-refractivity contribution is 7.86. The summed E-state index contributed by atoms with van der Waals surface area (Å²) in [6.07, 6.45) is 3.52. The summed E-state index contributed by atoms with van der Waals surface area (Å²) < 4.78 is 26.4. The van der Waals surface area contributed by atoms with Crippen LogP contribution in [0.25, 0.3) is 5.69 Å². The Bertz CT molecular complexity index is 1350. The van der Waals surface area contributed by atoms with Gasteiger partial charge < -0.3 is 16.0 Å². The topological polar surface area (TPSA) is 157 Å². The van der Waals surface area contributed by atoms with Gasteiger partial charge in [0.1, 0.15) is 0 Å². The second-order valence-corrected chi connectivity index (χ2v) is 12.3. The van der Waals surface area contributed by atoms with E-state index in [-0.39, 0.29) is 29.6 Å². The fourth-order valence-electron chi connectivity index (χ4n) is 5.33. The van der Waals surface area contributed by atoms with E-state index in [1.54, 1.807) is 22.9 Å². The van der Waals surface area contributed by atoms with Crippen LogP contribution in [0.1, 0.15) is 65.2 Å². The minimum absolute atomic E-state index is 0.0121. The summed E-state index contributed by atoms with van der Waals surface area (Å²) in [5, 5.41) is 13.3. The van der Waals surface area contributed by atoms with E-state index in [1.165, 1.54) is 17.1 Å². The normalized spacial score (nSPS) is 22.1. The lowest BCUT2D eigenvalue weighted by atomic mass is 9.87. The van der Waals surface area contributed by atoms with Gasteiger partial charge in [-0.05, 0) is 64.2 Å². The molecule has 5 N–H and O–H groups in total. The maximum Gasteiger partial charge on any atom is 0.276 e. The summed E-state index contributed by atoms with van der Waals surface area (Å²) in [6.45, 7) is 7.28. The zero-order chi connectivity index (χ0) is 26.0. The lowest BCUT2D eigenvalue weighted by Crippen LogP contribution is -2.53. The summed E-state index contributed by atoms with van der Waals surface area (Å²) >= 11 is 0. The Morgan fingerprint density at radius 3 is 2.58 bits per heavy atom. The lowest BCUT2D eigenvalue weighted by molar-refractivity contribution is 0.0487. The van der Waals surface area contributed by atoms with Gasteiger partial charge in [-0.1, -0.05) is 0 Å². The van der Waals surface area contributed by atoms with E-state index in [2.05, 4.69) is 19.2 Å². The number of nitrogens with two attached hydrogens (primary N) is 2. The molecular weight excluding hydrogens is 482 g/mol. The van der Waals surface area contributed by atoms with Gasteiger partial charge in [0.05, 0.1) is 28.2 Å². The van der Waals surface area contributed by atoms with Gasteiger partial charge >= 0.3 is 0 Å². The van der Waals surface area contributed by atoms with Crippen LogP contribution in [0.5, 0.6) is 0 Å². The Kier molecular flexibility index (Phi) is 5.88. The molecule has 194 valence electrons. The third-order valence-electron chi connectivity index (χ3n) is 7.47. The maximum atomic E-state index is 13.5. The Hall–Kier alpha value is -2.96. The van der Waals surface area contributed by atoms with Crippen molar-refractivity contribution in [3.05, 3.63) is 40.7 Å². The third-order valence-corrected chi connectivity index (χ3v) is 8.52. The van der Waals surface area contributed by atoms with Crippen LogP contribution < -0.4 is 16.2 Å². The van der Waals surface area contributed by atoms with E-state index in [1.807, 2.05) is 11.8 Å². The monoisotopic (exact) mass is 515 g/mol. The highest BCUT2D eigenvalue weighted by Gasteiger charge is 2.43. The van der Waals surface area contributed by atoms with Gasteiger partial charge in [-0.15, -0.1) is 0 Å². The predicted molar refractivity (Wildman–Crippen MR) is 135 cm³/mol. The highest BCUT2D eigenvalue weighted by Crippen LogP contribution is 2.38. The summed E-state index contributed by atoms with van der Waals surface area (Å²) in [5.41, 5.74) is 8.88. The van der Waals surface area contributed by atoms with Crippen LogP contribution in [0, 0.1) is 12.8 Å². The van der Waals surface area contributed by atoms with E-state index >= 15 is 0 Å². The minimum Gasteiger partial charge on any atom is -0.380 e. The molecule has 2 amide bonds. The zero-order valence-corrected chi connectivity index (χ0v) is 21.6. The summed E-state index contributed by atoms with van der Waals surface area (Å²) in [4.78, 5) is 27.7. The Morgan fingerprint density at radius 1 is 1.25 bits per heavy atom. The third kappa shape index (κ3) is 4.48. The fraction of sp³-hybridized carbons (Fsp3) is 0.542. The standard InChI is InChI=1S/C24H33N7O4S/c1-14-21-20(11-24(2,3)30(23(21)33)12-15-4-5-15)31(28-14)17-6-7-18(22(25)32)19(10-17)27-16-8-9-29(13-16)36(26,34)35/h6-7,10,15-16,27H,4-5,8-9,11-13H2,1-3H3,(H2,25,32)(H2,26,34,35). The SMILES string of the molecule is Cc1nn(-c2ccc(C(N)=O)c(NC3CCN(S(N)(=O)=O)C3)c2)c2c1C(=O)N(CC1CC1)C(C)(C)C2. The first-order valence-corrected chi connectivity index (χ1v) is 13.7. The quantitative estimate of drug-likeness (QED) is 0.502. The number of amides is 2. The van der Waals surface area contributed by atoms with Crippen molar-refractivity contribution in [3.63, 3.8) is 0 Å². The molecule has 5 rings (SSSR count). The molecule has 2 fully saturated rings. The van der Waals surface area contributed by atoms with Crippen LogP contribution in [0.4, 0.5) is 5.69 Å². The van der Waals surface area contributed by atoms with E-state index in [9.17, 15) is 18.0 Å². The first-order valence-electron chi connectivity index (χ1n) is 12.2. The number of fused-ring (bicyclic) bond motifs is 1. The molecule has 1 saturated carbocycles. The average molecular weight is 516 g/mol. The van der Waals surface area contributed by atoms with Crippen LogP contribution in [0.2, 0.25) is 0 Å². The van der Waals surface area contributed by atoms with E-state index in [0.29, 0.717) is 47.9 Å². The second-order valence-electron chi connectivity index (χ2n) is 10.8. The van der Waals surface area contributed by atoms with E-state index < -0.39 is 16.1 Å². The molecule has 1 aromatic carbocycles. The van der Waals surface area contributed by atoms with Crippen molar-refractivity contribution >= 4 is 27.7 Å². The van der Waals surface area contributed by atoms with Gasteiger partial charge in [0.15, 0.2) is 0 Å². The summed E-state index contributed by atoms with van der Waals surface area (Å²) in [7, 11) is -3.79. The molecule has 0 bridgehead atoms. The lowest BCUT2D eigenvalue weighted by Gasteiger charge is -2.42. The van der Waals surface area contributed by atoms with E-state index in [4.69, 9.17) is 16.0 Å². The van der Waals surface area contributed by atoms with Gasteiger partial charge in [-0.25, -0.2) is 9.82 Å². The number of aryl methyl sites for hydroxylation is 1. The zero-order valence-electron chi connectivity index (χ0n) is 20.8. The number of rotatable bonds is 7. The molecule has 0 spiro atoms. The molecule has 1 unspecified atom stereocenters.